The molecule has 2 aromatic carbocycles. The first-order chi connectivity index (χ1) is 20.4. The van der Waals surface area contributed by atoms with Gasteiger partial charge in [-0.3, -0.25) is 9.97 Å². The smallest absolute Gasteiger partial charge is 0.382 e. The summed E-state index contributed by atoms with van der Waals surface area (Å²) in [6, 6.07) is 14.7. The number of pyridine rings is 2. The topological polar surface area (TPSA) is 104 Å². The Morgan fingerprint density at radius 1 is 1.12 bits per heavy atom. The van der Waals surface area contributed by atoms with Gasteiger partial charge in [0.25, 0.3) is 0 Å². The minimum Gasteiger partial charge on any atom is -0.382 e. The summed E-state index contributed by atoms with van der Waals surface area (Å²) in [6.45, 7) is 3.89. The molecular weight excluding hydrogens is 577 g/mol. The Balaban J connectivity index is 1.46. The monoisotopic (exact) mass is 604 g/mol. The summed E-state index contributed by atoms with van der Waals surface area (Å²) in [5.74, 6) is 0. The number of nitrogens with one attached hydrogen (secondary N) is 2. The number of nitriles is 1. The van der Waals surface area contributed by atoms with Crippen molar-refractivity contribution in [3.8, 4) is 6.07 Å². The zero-order valence-corrected chi connectivity index (χ0v) is 24.4. The van der Waals surface area contributed by atoms with Crippen molar-refractivity contribution in [3.05, 3.63) is 82.9 Å². The lowest BCUT2D eigenvalue weighted by molar-refractivity contribution is -0.206. The SMILES string of the molecule is CC1(n2cc(C(Nc3cc(Cl)c4ncc(C#N)c(NCC(C)(C)C(F)(F)F)c4c3)c3cccc4ncccc34)nn2)CC1. The first kappa shape index (κ1) is 28.7. The van der Waals surface area contributed by atoms with Gasteiger partial charge in [0.2, 0.25) is 0 Å². The fourth-order valence-corrected chi connectivity index (χ4v) is 5.24. The van der Waals surface area contributed by atoms with E-state index in [9.17, 15) is 18.4 Å². The van der Waals surface area contributed by atoms with Crippen LogP contribution in [0.4, 0.5) is 24.5 Å². The summed E-state index contributed by atoms with van der Waals surface area (Å²) in [5.41, 5.74) is 1.54. The average Bonchev–Trinajstić information content (AvgIpc) is 3.52. The van der Waals surface area contributed by atoms with Crippen molar-refractivity contribution in [2.75, 3.05) is 17.2 Å². The molecular formula is C31H28ClF3N8. The Hall–Kier alpha value is -4.43. The molecule has 0 spiro atoms. The second kappa shape index (κ2) is 10.4. The molecule has 1 atom stereocenters. The standard InChI is InChI=1S/C31H28ClF3N8/c1-29(2,31(33,34)35)17-39-26-18(14-36)15-38-27-22(26)12-19(13-23(27)32)40-28(25-16-43(42-41-25)30(3)9-10-30)21-6-4-8-24-20(21)7-5-11-37-24/h4-8,11-13,15-16,28,40H,9-10,17H2,1-3H3,(H,38,39). The Kier molecular flexibility index (Phi) is 6.92. The molecule has 3 heterocycles. The summed E-state index contributed by atoms with van der Waals surface area (Å²) in [5, 5.41) is 26.8. The summed E-state index contributed by atoms with van der Waals surface area (Å²) in [6.07, 6.45) is 2.56. The predicted octanol–water partition coefficient (Wildman–Crippen LogP) is 7.61. The molecule has 1 unspecified atom stereocenters. The first-order valence-corrected chi connectivity index (χ1v) is 14.1. The van der Waals surface area contributed by atoms with Gasteiger partial charge in [-0.05, 0) is 63.4 Å². The third-order valence-corrected chi connectivity index (χ3v) is 8.44. The van der Waals surface area contributed by atoms with Crippen LogP contribution in [0.3, 0.4) is 0 Å². The summed E-state index contributed by atoms with van der Waals surface area (Å²) in [4.78, 5) is 8.85. The van der Waals surface area contributed by atoms with Crippen LogP contribution in [-0.2, 0) is 5.54 Å². The van der Waals surface area contributed by atoms with Crippen molar-refractivity contribution < 1.29 is 13.2 Å². The first-order valence-electron chi connectivity index (χ1n) is 13.8. The van der Waals surface area contributed by atoms with Crippen molar-refractivity contribution in [3.63, 3.8) is 0 Å². The van der Waals surface area contributed by atoms with Gasteiger partial charge in [-0.15, -0.1) is 5.10 Å². The van der Waals surface area contributed by atoms with Gasteiger partial charge in [0.15, 0.2) is 0 Å². The average molecular weight is 605 g/mol. The number of halogens is 4. The Morgan fingerprint density at radius 3 is 2.63 bits per heavy atom. The molecule has 5 aromatic rings. The fourth-order valence-electron chi connectivity index (χ4n) is 4.97. The molecule has 0 aliphatic heterocycles. The molecule has 43 heavy (non-hydrogen) atoms. The molecule has 1 aliphatic carbocycles. The minimum atomic E-state index is -4.45. The van der Waals surface area contributed by atoms with E-state index in [1.807, 2.05) is 47.3 Å². The molecule has 0 saturated heterocycles. The van der Waals surface area contributed by atoms with Crippen LogP contribution in [0.5, 0.6) is 0 Å². The van der Waals surface area contributed by atoms with Gasteiger partial charge in [-0.2, -0.15) is 18.4 Å². The van der Waals surface area contributed by atoms with Gasteiger partial charge in [0, 0.05) is 35.4 Å². The number of hydrogen-bond acceptors (Lipinski definition) is 7. The zero-order valence-electron chi connectivity index (χ0n) is 23.7. The second-order valence-electron chi connectivity index (χ2n) is 11.8. The summed E-state index contributed by atoms with van der Waals surface area (Å²) >= 11 is 6.70. The molecule has 220 valence electrons. The van der Waals surface area contributed by atoms with Crippen LogP contribution in [0.1, 0.15) is 56.5 Å². The van der Waals surface area contributed by atoms with Gasteiger partial charge in [0.05, 0.1) is 50.5 Å². The van der Waals surface area contributed by atoms with E-state index in [0.29, 0.717) is 22.3 Å². The van der Waals surface area contributed by atoms with Gasteiger partial charge in [-0.1, -0.05) is 35.0 Å². The van der Waals surface area contributed by atoms with Crippen LogP contribution in [0.15, 0.2) is 61.1 Å². The van der Waals surface area contributed by atoms with E-state index < -0.39 is 24.2 Å². The van der Waals surface area contributed by atoms with Crippen molar-refractivity contribution in [2.24, 2.45) is 5.41 Å². The van der Waals surface area contributed by atoms with E-state index in [0.717, 1.165) is 43.2 Å². The highest BCUT2D eigenvalue weighted by atomic mass is 35.5. The molecule has 8 nitrogen and oxygen atoms in total. The largest absolute Gasteiger partial charge is 0.395 e. The quantitative estimate of drug-likeness (QED) is 0.188. The molecule has 1 aliphatic rings. The van der Waals surface area contributed by atoms with E-state index in [1.165, 1.54) is 6.20 Å². The van der Waals surface area contributed by atoms with Crippen molar-refractivity contribution >= 4 is 44.8 Å². The number of alkyl halides is 3. The van der Waals surface area contributed by atoms with E-state index in [-0.39, 0.29) is 21.8 Å². The Labute approximate surface area is 250 Å². The lowest BCUT2D eigenvalue weighted by Crippen LogP contribution is -2.38. The van der Waals surface area contributed by atoms with Crippen LogP contribution in [0, 0.1) is 16.7 Å². The van der Waals surface area contributed by atoms with Gasteiger partial charge < -0.3 is 10.6 Å². The van der Waals surface area contributed by atoms with Crippen LogP contribution in [0.25, 0.3) is 21.8 Å². The highest BCUT2D eigenvalue weighted by Crippen LogP contribution is 2.43. The van der Waals surface area contributed by atoms with Crippen molar-refractivity contribution in [2.45, 2.75) is 51.4 Å². The molecule has 12 heteroatoms. The third kappa shape index (κ3) is 5.31. The molecule has 0 radical (unpaired) electrons. The third-order valence-electron chi connectivity index (χ3n) is 8.15. The number of benzene rings is 2. The number of anilines is 2. The highest BCUT2D eigenvalue weighted by Gasteiger charge is 2.47. The molecule has 6 rings (SSSR count). The predicted molar refractivity (Wildman–Crippen MR) is 160 cm³/mol. The fraction of sp³-hybridized carbons (Fsp3) is 0.323. The maximum absolute atomic E-state index is 13.7. The second-order valence-corrected chi connectivity index (χ2v) is 12.2. The lowest BCUT2D eigenvalue weighted by Gasteiger charge is -2.28. The number of hydrogen-bond donors (Lipinski definition) is 2. The molecule has 2 N–H and O–H groups in total. The van der Waals surface area contributed by atoms with E-state index in [2.05, 4.69) is 37.8 Å². The van der Waals surface area contributed by atoms with Gasteiger partial charge in [-0.25, -0.2) is 4.68 Å². The van der Waals surface area contributed by atoms with Crippen LogP contribution in [0.2, 0.25) is 5.02 Å². The number of nitrogens with zero attached hydrogens (tertiary/aromatic N) is 6. The van der Waals surface area contributed by atoms with Crippen LogP contribution >= 0.6 is 11.6 Å². The number of rotatable bonds is 8. The molecule has 3 aromatic heterocycles. The summed E-state index contributed by atoms with van der Waals surface area (Å²) < 4.78 is 42.8. The van der Waals surface area contributed by atoms with Gasteiger partial charge >= 0.3 is 6.18 Å². The highest BCUT2D eigenvalue weighted by molar-refractivity contribution is 6.35. The zero-order chi connectivity index (χ0) is 30.6. The summed E-state index contributed by atoms with van der Waals surface area (Å²) in [7, 11) is 0. The molecule has 0 bridgehead atoms. The maximum Gasteiger partial charge on any atom is 0.395 e. The molecule has 1 fully saturated rings. The van der Waals surface area contributed by atoms with Crippen molar-refractivity contribution in [1.29, 1.82) is 5.26 Å². The number of aromatic nitrogens is 5. The lowest BCUT2D eigenvalue weighted by atomic mass is 9.92. The maximum atomic E-state index is 13.7. The van der Waals surface area contributed by atoms with Gasteiger partial charge in [0.1, 0.15) is 11.8 Å². The number of fused-ring (bicyclic) bond motifs is 2. The minimum absolute atomic E-state index is 0.0630. The normalized spacial score (nSPS) is 15.3. The van der Waals surface area contributed by atoms with Crippen LogP contribution in [-0.4, -0.2) is 37.7 Å². The van der Waals surface area contributed by atoms with Crippen molar-refractivity contribution in [1.82, 2.24) is 25.0 Å². The molecule has 1 saturated carbocycles. The van der Waals surface area contributed by atoms with Crippen LogP contribution < -0.4 is 10.6 Å². The molecule has 0 amide bonds. The van der Waals surface area contributed by atoms with E-state index >= 15 is 0 Å². The Bertz CT molecular complexity index is 1880. The van der Waals surface area contributed by atoms with E-state index in [1.54, 1.807) is 18.3 Å². The van der Waals surface area contributed by atoms with E-state index in [4.69, 9.17) is 11.6 Å². The Morgan fingerprint density at radius 2 is 1.91 bits per heavy atom.